The third-order valence-electron chi connectivity index (χ3n) is 4.84. The van der Waals surface area contributed by atoms with E-state index in [0.29, 0.717) is 5.02 Å². The topological polar surface area (TPSA) is 66.9 Å². The Bertz CT molecular complexity index is 1040. The lowest BCUT2D eigenvalue weighted by Crippen LogP contribution is -2.62. The second kappa shape index (κ2) is 7.45. The summed E-state index contributed by atoms with van der Waals surface area (Å²) >= 11 is 6.02. The Morgan fingerprint density at radius 2 is 1.69 bits per heavy atom. The van der Waals surface area contributed by atoms with Gasteiger partial charge < -0.3 is 9.64 Å². The van der Waals surface area contributed by atoms with E-state index < -0.39 is 27.3 Å². The molecule has 6 nitrogen and oxygen atoms in total. The van der Waals surface area contributed by atoms with Crippen LogP contribution in [0.15, 0.2) is 41.3 Å². The van der Waals surface area contributed by atoms with Crippen molar-refractivity contribution in [3.63, 3.8) is 0 Å². The molecule has 0 aliphatic carbocycles. The summed E-state index contributed by atoms with van der Waals surface area (Å²) in [7, 11) is -3.73. The zero-order valence-corrected chi connectivity index (χ0v) is 19.0. The van der Waals surface area contributed by atoms with Crippen LogP contribution >= 0.6 is 11.6 Å². The SMILES string of the molecule is CC(C)(C)OC(=O)N1CCN(S(=O)(=O)c2ccc3cc(Cl)ccc3c2)C(C)(C)C1. The van der Waals surface area contributed by atoms with Crippen LogP contribution in [0.3, 0.4) is 0 Å². The summed E-state index contributed by atoms with van der Waals surface area (Å²) in [6.07, 6.45) is -0.426. The van der Waals surface area contributed by atoms with Gasteiger partial charge in [-0.15, -0.1) is 0 Å². The van der Waals surface area contributed by atoms with Gasteiger partial charge in [-0.2, -0.15) is 4.31 Å². The average molecular weight is 439 g/mol. The van der Waals surface area contributed by atoms with Crippen LogP contribution in [0, 0.1) is 0 Å². The van der Waals surface area contributed by atoms with Crippen molar-refractivity contribution in [3.8, 4) is 0 Å². The van der Waals surface area contributed by atoms with Gasteiger partial charge in [-0.1, -0.05) is 23.7 Å². The molecule has 0 aromatic heterocycles. The van der Waals surface area contributed by atoms with Crippen molar-refractivity contribution in [3.05, 3.63) is 41.4 Å². The summed E-state index contributed by atoms with van der Waals surface area (Å²) < 4.78 is 33.7. The molecule has 1 amide bonds. The number of benzene rings is 2. The van der Waals surface area contributed by atoms with Gasteiger partial charge in [-0.25, -0.2) is 13.2 Å². The Kier molecular flexibility index (Phi) is 5.62. The average Bonchev–Trinajstić information content (AvgIpc) is 2.58. The first-order chi connectivity index (χ1) is 13.3. The van der Waals surface area contributed by atoms with Crippen molar-refractivity contribution in [2.75, 3.05) is 19.6 Å². The van der Waals surface area contributed by atoms with Gasteiger partial charge in [-0.05, 0) is 69.7 Å². The first kappa shape index (κ1) is 21.9. The van der Waals surface area contributed by atoms with Gasteiger partial charge in [0.25, 0.3) is 0 Å². The highest BCUT2D eigenvalue weighted by Gasteiger charge is 2.43. The molecule has 0 saturated carbocycles. The number of carbonyl (C=O) groups is 1. The first-order valence-corrected chi connectivity index (χ1v) is 11.3. The van der Waals surface area contributed by atoms with E-state index in [2.05, 4.69) is 0 Å². The van der Waals surface area contributed by atoms with E-state index in [0.717, 1.165) is 10.8 Å². The highest BCUT2D eigenvalue weighted by molar-refractivity contribution is 7.89. The van der Waals surface area contributed by atoms with E-state index >= 15 is 0 Å². The molecule has 2 aromatic carbocycles. The number of hydrogen-bond acceptors (Lipinski definition) is 4. The largest absolute Gasteiger partial charge is 0.444 e. The minimum absolute atomic E-state index is 0.202. The molecule has 0 unspecified atom stereocenters. The lowest BCUT2D eigenvalue weighted by molar-refractivity contribution is 0.00352. The molecule has 0 radical (unpaired) electrons. The quantitative estimate of drug-likeness (QED) is 0.691. The van der Waals surface area contributed by atoms with Crippen LogP contribution in [0.1, 0.15) is 34.6 Å². The molecule has 0 spiro atoms. The van der Waals surface area contributed by atoms with Crippen LogP contribution < -0.4 is 0 Å². The molecule has 1 heterocycles. The van der Waals surface area contributed by atoms with Gasteiger partial charge >= 0.3 is 6.09 Å². The second-order valence-electron chi connectivity index (χ2n) is 8.94. The van der Waals surface area contributed by atoms with Crippen molar-refractivity contribution in [2.24, 2.45) is 0 Å². The molecule has 2 aromatic rings. The van der Waals surface area contributed by atoms with Gasteiger partial charge in [0.1, 0.15) is 5.60 Å². The Labute approximate surface area is 177 Å². The molecule has 8 heteroatoms. The Morgan fingerprint density at radius 1 is 1.07 bits per heavy atom. The summed E-state index contributed by atoms with van der Waals surface area (Å²) in [6, 6.07) is 10.4. The molecule has 3 rings (SSSR count). The third-order valence-corrected chi connectivity index (χ3v) is 7.18. The Morgan fingerprint density at radius 3 is 2.31 bits per heavy atom. The molecule has 1 fully saturated rings. The van der Waals surface area contributed by atoms with E-state index in [1.165, 1.54) is 4.31 Å². The smallest absolute Gasteiger partial charge is 0.410 e. The lowest BCUT2D eigenvalue weighted by Gasteiger charge is -2.45. The van der Waals surface area contributed by atoms with Gasteiger partial charge in [0, 0.05) is 30.2 Å². The number of piperazine rings is 1. The normalized spacial score (nSPS) is 18.1. The number of sulfonamides is 1. The van der Waals surface area contributed by atoms with Crippen LogP contribution in [0.4, 0.5) is 4.79 Å². The minimum atomic E-state index is -3.73. The van der Waals surface area contributed by atoms with Crippen LogP contribution in [-0.4, -0.2) is 54.5 Å². The van der Waals surface area contributed by atoms with E-state index in [4.69, 9.17) is 16.3 Å². The fraction of sp³-hybridized carbons (Fsp3) is 0.476. The molecule has 0 N–H and O–H groups in total. The molecule has 158 valence electrons. The van der Waals surface area contributed by atoms with E-state index in [1.54, 1.807) is 35.2 Å². The molecule has 1 saturated heterocycles. The molecular formula is C21H27ClN2O4S. The summed E-state index contributed by atoms with van der Waals surface area (Å²) in [5, 5.41) is 2.29. The van der Waals surface area contributed by atoms with E-state index in [1.807, 2.05) is 40.7 Å². The van der Waals surface area contributed by atoms with Crippen molar-refractivity contribution in [1.82, 2.24) is 9.21 Å². The Hall–Kier alpha value is -1.83. The van der Waals surface area contributed by atoms with Crippen LogP contribution in [-0.2, 0) is 14.8 Å². The number of fused-ring (bicyclic) bond motifs is 1. The molecular weight excluding hydrogens is 412 g/mol. The molecule has 29 heavy (non-hydrogen) atoms. The number of halogens is 1. The van der Waals surface area contributed by atoms with Gasteiger partial charge in [0.05, 0.1) is 4.90 Å². The summed E-state index contributed by atoms with van der Waals surface area (Å²) in [5.74, 6) is 0. The van der Waals surface area contributed by atoms with Crippen LogP contribution in [0.25, 0.3) is 10.8 Å². The standard InChI is InChI=1S/C21H27ClN2O4S/c1-20(2,3)28-19(25)23-10-11-24(21(4,5)14-23)29(26,27)18-9-7-15-12-17(22)8-6-16(15)13-18/h6-9,12-13H,10-11,14H2,1-5H3. The molecule has 1 aliphatic rings. The monoisotopic (exact) mass is 438 g/mol. The van der Waals surface area contributed by atoms with Gasteiger partial charge in [-0.3, -0.25) is 0 Å². The number of ether oxygens (including phenoxy) is 1. The summed E-state index contributed by atoms with van der Waals surface area (Å²) in [6.45, 7) is 9.80. The summed E-state index contributed by atoms with van der Waals surface area (Å²) in [4.78, 5) is 14.2. The van der Waals surface area contributed by atoms with Crippen LogP contribution in [0.2, 0.25) is 5.02 Å². The minimum Gasteiger partial charge on any atom is -0.444 e. The van der Waals surface area contributed by atoms with Crippen molar-refractivity contribution >= 4 is 38.5 Å². The lowest BCUT2D eigenvalue weighted by atomic mass is 10.0. The number of rotatable bonds is 2. The number of amides is 1. The van der Waals surface area contributed by atoms with Gasteiger partial charge in [0.15, 0.2) is 0 Å². The van der Waals surface area contributed by atoms with Gasteiger partial charge in [0.2, 0.25) is 10.0 Å². The van der Waals surface area contributed by atoms with Crippen molar-refractivity contribution < 1.29 is 17.9 Å². The highest BCUT2D eigenvalue weighted by atomic mass is 35.5. The second-order valence-corrected chi connectivity index (χ2v) is 11.2. The predicted octanol–water partition coefficient (Wildman–Crippen LogP) is 4.51. The van der Waals surface area contributed by atoms with Crippen molar-refractivity contribution in [2.45, 2.75) is 50.7 Å². The highest BCUT2D eigenvalue weighted by Crippen LogP contribution is 2.31. The Balaban J connectivity index is 1.86. The zero-order valence-electron chi connectivity index (χ0n) is 17.4. The maximum atomic E-state index is 13.4. The first-order valence-electron chi connectivity index (χ1n) is 9.50. The fourth-order valence-corrected chi connectivity index (χ4v) is 5.53. The molecule has 0 bridgehead atoms. The maximum Gasteiger partial charge on any atom is 0.410 e. The molecule has 0 atom stereocenters. The van der Waals surface area contributed by atoms with Crippen LogP contribution in [0.5, 0.6) is 0 Å². The summed E-state index contributed by atoms with van der Waals surface area (Å²) in [5.41, 5.74) is -1.37. The fourth-order valence-electron chi connectivity index (χ4n) is 3.55. The van der Waals surface area contributed by atoms with E-state index in [9.17, 15) is 13.2 Å². The molecule has 1 aliphatic heterocycles. The number of nitrogens with zero attached hydrogens (tertiary/aromatic N) is 2. The number of hydrogen-bond donors (Lipinski definition) is 0. The number of carbonyl (C=O) groups excluding carboxylic acids is 1. The van der Waals surface area contributed by atoms with E-state index in [-0.39, 0.29) is 24.5 Å². The zero-order chi connectivity index (χ0) is 21.6. The van der Waals surface area contributed by atoms with Crippen molar-refractivity contribution in [1.29, 1.82) is 0 Å². The third kappa shape index (κ3) is 4.68. The predicted molar refractivity (Wildman–Crippen MR) is 115 cm³/mol. The maximum absolute atomic E-state index is 13.4.